The first-order valence-electron chi connectivity index (χ1n) is 5.60. The number of carbonyl (C=O) groups excluding carboxylic acids is 1. The van der Waals surface area contributed by atoms with E-state index in [4.69, 9.17) is 11.6 Å². The number of hydrogen-bond donors (Lipinski definition) is 2. The van der Waals surface area contributed by atoms with Gasteiger partial charge in [-0.15, -0.1) is 11.6 Å². The van der Waals surface area contributed by atoms with Crippen molar-refractivity contribution in [3.05, 3.63) is 23.8 Å². The standard InChI is InChI=1S/C13H18ClNO3/c1-13(2,8-14)12(18)15(3)7-9-4-5-10(16)6-11(9)17/h4-6,16-17H,7-8H2,1-3H3. The highest BCUT2D eigenvalue weighted by molar-refractivity contribution is 6.19. The molecular formula is C13H18ClNO3. The first-order chi connectivity index (χ1) is 8.27. The summed E-state index contributed by atoms with van der Waals surface area (Å²) in [5.74, 6) is 0.104. The molecule has 0 heterocycles. The average Bonchev–Trinajstić information content (AvgIpc) is 2.31. The number of amides is 1. The van der Waals surface area contributed by atoms with E-state index in [0.717, 1.165) is 0 Å². The fraction of sp³-hybridized carbons (Fsp3) is 0.462. The molecule has 0 radical (unpaired) electrons. The van der Waals surface area contributed by atoms with Gasteiger partial charge in [0.2, 0.25) is 5.91 Å². The van der Waals surface area contributed by atoms with Crippen LogP contribution >= 0.6 is 11.6 Å². The van der Waals surface area contributed by atoms with Crippen LogP contribution in [0.1, 0.15) is 19.4 Å². The first kappa shape index (κ1) is 14.6. The van der Waals surface area contributed by atoms with Crippen LogP contribution in [0, 0.1) is 5.41 Å². The van der Waals surface area contributed by atoms with Gasteiger partial charge in [-0.1, -0.05) is 0 Å². The highest BCUT2D eigenvalue weighted by Crippen LogP contribution is 2.26. The zero-order valence-corrected chi connectivity index (χ0v) is 11.5. The summed E-state index contributed by atoms with van der Waals surface area (Å²) in [5, 5.41) is 18.8. The number of rotatable bonds is 4. The minimum absolute atomic E-state index is 0.00804. The van der Waals surface area contributed by atoms with Crippen LogP contribution in [-0.4, -0.2) is 33.9 Å². The summed E-state index contributed by atoms with van der Waals surface area (Å²) in [5.41, 5.74) is -0.0583. The van der Waals surface area contributed by atoms with Gasteiger partial charge in [0.1, 0.15) is 11.5 Å². The van der Waals surface area contributed by atoms with E-state index in [-0.39, 0.29) is 29.8 Å². The summed E-state index contributed by atoms with van der Waals surface area (Å²) in [6.45, 7) is 3.82. The van der Waals surface area contributed by atoms with E-state index in [1.165, 1.54) is 17.0 Å². The van der Waals surface area contributed by atoms with Gasteiger partial charge < -0.3 is 15.1 Å². The van der Waals surface area contributed by atoms with E-state index >= 15 is 0 Å². The third kappa shape index (κ3) is 3.29. The van der Waals surface area contributed by atoms with Crippen molar-refractivity contribution in [2.75, 3.05) is 12.9 Å². The second-order valence-electron chi connectivity index (χ2n) is 4.99. The number of benzene rings is 1. The van der Waals surface area contributed by atoms with Crippen molar-refractivity contribution in [1.29, 1.82) is 0 Å². The van der Waals surface area contributed by atoms with Gasteiger partial charge in [-0.25, -0.2) is 0 Å². The van der Waals surface area contributed by atoms with E-state index in [2.05, 4.69) is 0 Å². The summed E-state index contributed by atoms with van der Waals surface area (Å²) < 4.78 is 0. The summed E-state index contributed by atoms with van der Waals surface area (Å²) >= 11 is 5.76. The molecule has 1 rings (SSSR count). The maximum atomic E-state index is 12.1. The SMILES string of the molecule is CN(Cc1ccc(O)cc1O)C(=O)C(C)(C)CCl. The number of nitrogens with zero attached hydrogens (tertiary/aromatic N) is 1. The van der Waals surface area contributed by atoms with Crippen molar-refractivity contribution in [2.45, 2.75) is 20.4 Å². The number of halogens is 1. The predicted molar refractivity (Wildman–Crippen MR) is 70.7 cm³/mol. The van der Waals surface area contributed by atoms with Crippen molar-refractivity contribution in [3.63, 3.8) is 0 Å². The van der Waals surface area contributed by atoms with Crippen molar-refractivity contribution in [3.8, 4) is 11.5 Å². The first-order valence-corrected chi connectivity index (χ1v) is 6.14. The lowest BCUT2D eigenvalue weighted by Gasteiger charge is -2.27. The molecule has 0 saturated heterocycles. The molecule has 0 bridgehead atoms. The molecule has 5 heteroatoms. The summed E-state index contributed by atoms with van der Waals surface area (Å²) in [6, 6.07) is 4.31. The van der Waals surface area contributed by atoms with Crippen molar-refractivity contribution in [1.82, 2.24) is 4.90 Å². The molecule has 0 aliphatic heterocycles. The molecule has 0 aliphatic carbocycles. The molecule has 0 saturated carbocycles. The van der Waals surface area contributed by atoms with Crippen LogP contribution < -0.4 is 0 Å². The van der Waals surface area contributed by atoms with Crippen LogP contribution in [0.15, 0.2) is 18.2 Å². The molecule has 1 aromatic carbocycles. The van der Waals surface area contributed by atoms with Crippen molar-refractivity contribution >= 4 is 17.5 Å². The highest BCUT2D eigenvalue weighted by Gasteiger charge is 2.29. The Hall–Kier alpha value is -1.42. The third-order valence-corrected chi connectivity index (χ3v) is 3.40. The highest BCUT2D eigenvalue weighted by atomic mass is 35.5. The fourth-order valence-electron chi connectivity index (χ4n) is 1.59. The molecular weight excluding hydrogens is 254 g/mol. The van der Waals surface area contributed by atoms with E-state index in [1.54, 1.807) is 27.0 Å². The molecule has 4 nitrogen and oxygen atoms in total. The Balaban J connectivity index is 2.82. The Morgan fingerprint density at radius 2 is 2.00 bits per heavy atom. The molecule has 1 aromatic rings. The maximum absolute atomic E-state index is 12.1. The number of phenols is 2. The van der Waals surface area contributed by atoms with Crippen LogP contribution in [0.5, 0.6) is 11.5 Å². The quantitative estimate of drug-likeness (QED) is 0.826. The topological polar surface area (TPSA) is 60.8 Å². The number of carbonyl (C=O) groups is 1. The van der Waals surface area contributed by atoms with E-state index in [9.17, 15) is 15.0 Å². The lowest BCUT2D eigenvalue weighted by atomic mass is 9.94. The molecule has 18 heavy (non-hydrogen) atoms. The molecule has 1 amide bonds. The third-order valence-electron chi connectivity index (χ3n) is 2.74. The van der Waals surface area contributed by atoms with Crippen LogP contribution in [0.2, 0.25) is 0 Å². The van der Waals surface area contributed by atoms with Gasteiger partial charge >= 0.3 is 0 Å². The summed E-state index contributed by atoms with van der Waals surface area (Å²) in [7, 11) is 1.66. The molecule has 0 atom stereocenters. The van der Waals surface area contributed by atoms with E-state index in [0.29, 0.717) is 5.56 Å². The van der Waals surface area contributed by atoms with E-state index in [1.807, 2.05) is 0 Å². The van der Waals surface area contributed by atoms with E-state index < -0.39 is 5.41 Å². The van der Waals surface area contributed by atoms with Crippen molar-refractivity contribution in [2.24, 2.45) is 5.41 Å². The molecule has 0 fully saturated rings. The molecule has 2 N–H and O–H groups in total. The second-order valence-corrected chi connectivity index (χ2v) is 5.26. The van der Waals surface area contributed by atoms with Gasteiger partial charge in [0.25, 0.3) is 0 Å². The smallest absolute Gasteiger partial charge is 0.229 e. The monoisotopic (exact) mass is 271 g/mol. The largest absolute Gasteiger partial charge is 0.508 e. The fourth-order valence-corrected chi connectivity index (χ4v) is 1.70. The maximum Gasteiger partial charge on any atom is 0.229 e. The van der Waals surface area contributed by atoms with Gasteiger partial charge in [-0.05, 0) is 26.0 Å². The molecule has 0 spiro atoms. The van der Waals surface area contributed by atoms with Crippen molar-refractivity contribution < 1.29 is 15.0 Å². The Morgan fingerprint density at radius 3 is 2.50 bits per heavy atom. The van der Waals surface area contributed by atoms with Crippen LogP contribution in [0.4, 0.5) is 0 Å². The minimum atomic E-state index is -0.636. The Kier molecular flexibility index (Phi) is 4.46. The molecule has 0 aromatic heterocycles. The molecule has 0 aliphatic rings. The van der Waals surface area contributed by atoms with Gasteiger partial charge in [0.15, 0.2) is 0 Å². The number of alkyl halides is 1. The number of aromatic hydroxyl groups is 2. The Morgan fingerprint density at radius 1 is 1.39 bits per heavy atom. The van der Waals surface area contributed by atoms with Gasteiger partial charge in [-0.3, -0.25) is 4.79 Å². The zero-order chi connectivity index (χ0) is 13.9. The molecule has 100 valence electrons. The molecule has 0 unspecified atom stereocenters. The predicted octanol–water partition coefficient (Wildman–Crippen LogP) is 2.32. The normalized spacial score (nSPS) is 11.3. The second kappa shape index (κ2) is 5.48. The lowest BCUT2D eigenvalue weighted by molar-refractivity contribution is -0.138. The van der Waals surface area contributed by atoms with Gasteiger partial charge in [0.05, 0.1) is 5.41 Å². The number of phenolic OH excluding ortho intramolecular Hbond substituents is 2. The van der Waals surface area contributed by atoms with Crippen LogP contribution in [0.3, 0.4) is 0 Å². The van der Waals surface area contributed by atoms with Gasteiger partial charge in [0, 0.05) is 31.1 Å². The van der Waals surface area contributed by atoms with Crippen LogP contribution in [-0.2, 0) is 11.3 Å². The van der Waals surface area contributed by atoms with Crippen LogP contribution in [0.25, 0.3) is 0 Å². The lowest BCUT2D eigenvalue weighted by Crippen LogP contribution is -2.39. The Labute approximate surface area is 112 Å². The number of hydrogen-bond acceptors (Lipinski definition) is 3. The Bertz CT molecular complexity index is 446. The summed E-state index contributed by atoms with van der Waals surface area (Å²) in [6.07, 6.45) is 0. The van der Waals surface area contributed by atoms with Gasteiger partial charge in [-0.2, -0.15) is 0 Å². The minimum Gasteiger partial charge on any atom is -0.508 e. The zero-order valence-electron chi connectivity index (χ0n) is 10.8. The average molecular weight is 272 g/mol. The summed E-state index contributed by atoms with van der Waals surface area (Å²) in [4.78, 5) is 13.6.